The molecule has 0 saturated carbocycles. The fraction of sp³-hybridized carbons (Fsp3) is 0.571. The zero-order valence-electron chi connectivity index (χ0n) is 9.48. The monoisotopic (exact) mass is 336 g/mol. The Morgan fingerprint density at radius 1 is 1.17 bits per heavy atom. The minimum atomic E-state index is -2.93. The van der Waals surface area contributed by atoms with Crippen LogP contribution in [0.3, 0.4) is 0 Å². The predicted octanol–water partition coefficient (Wildman–Crippen LogP) is 2.93. The molecule has 0 aliphatic rings. The van der Waals surface area contributed by atoms with E-state index in [-0.39, 0.29) is 13.2 Å². The standard InChI is InChI=1S/C7H12O7S4/c1-3-13-16-18(14-4-2,6(10)5(8)9)17-15-7(11)12/h3-4H2,1-2H3,(H,8,9)(H,11,12). The molecule has 1 unspecified atom stereocenters. The number of hydrogen-bond donors (Lipinski definition) is 2. The minimum absolute atomic E-state index is 0.0710. The highest BCUT2D eigenvalue weighted by atomic mass is 33.7. The average Bonchev–Trinajstić information content (AvgIpc) is 2.31. The molecule has 0 aromatic carbocycles. The molecule has 0 aromatic rings. The zero-order chi connectivity index (χ0) is 14.2. The molecule has 7 nitrogen and oxygen atoms in total. The third kappa shape index (κ3) is 5.71. The fourth-order valence-electron chi connectivity index (χ4n) is 0.613. The molecule has 2 N–H and O–H groups in total. The summed E-state index contributed by atoms with van der Waals surface area (Å²) >= 11 is 0.582. The Morgan fingerprint density at radius 2 is 1.78 bits per heavy atom. The Bertz CT molecular complexity index is 323. The van der Waals surface area contributed by atoms with Crippen molar-refractivity contribution in [3.8, 4) is 0 Å². The third-order valence-corrected chi connectivity index (χ3v) is 10.9. The Labute approximate surface area is 116 Å². The van der Waals surface area contributed by atoms with Crippen LogP contribution in [0.1, 0.15) is 13.8 Å². The zero-order valence-corrected chi connectivity index (χ0v) is 12.7. The molecule has 18 heavy (non-hydrogen) atoms. The molecule has 0 amide bonds. The van der Waals surface area contributed by atoms with Gasteiger partial charge in [-0.3, -0.25) is 4.79 Å². The lowest BCUT2D eigenvalue weighted by atomic mass is 10.8. The molecule has 11 heteroatoms. The van der Waals surface area contributed by atoms with E-state index in [1.54, 1.807) is 13.8 Å². The maximum Gasteiger partial charge on any atom is 0.385 e. The lowest BCUT2D eigenvalue weighted by Crippen LogP contribution is -2.19. The van der Waals surface area contributed by atoms with Crippen LogP contribution < -0.4 is 0 Å². The Kier molecular flexibility index (Phi) is 8.90. The molecule has 0 aliphatic heterocycles. The summed E-state index contributed by atoms with van der Waals surface area (Å²) in [6.45, 7) is 3.54. The van der Waals surface area contributed by atoms with Gasteiger partial charge in [-0.25, -0.2) is 9.59 Å². The number of carbonyl (C=O) groups is 3. The maximum atomic E-state index is 11.7. The van der Waals surface area contributed by atoms with Crippen LogP contribution in [0.15, 0.2) is 0 Å². The molecule has 0 aromatic heterocycles. The quantitative estimate of drug-likeness (QED) is 0.409. The Balaban J connectivity index is 5.05. The van der Waals surface area contributed by atoms with E-state index < -0.39 is 24.8 Å². The van der Waals surface area contributed by atoms with Gasteiger partial charge in [0.1, 0.15) is 0 Å². The van der Waals surface area contributed by atoms with Crippen molar-refractivity contribution in [1.82, 2.24) is 0 Å². The first-order chi connectivity index (χ1) is 8.39. The number of rotatable bonds is 7. The van der Waals surface area contributed by atoms with Gasteiger partial charge in [0.05, 0.1) is 32.7 Å². The highest BCUT2D eigenvalue weighted by molar-refractivity contribution is 9.40. The molecule has 0 saturated heterocycles. The smallest absolute Gasteiger partial charge is 0.385 e. The molecule has 0 spiro atoms. The maximum absolute atomic E-state index is 11.7. The van der Waals surface area contributed by atoms with Gasteiger partial charge in [-0.15, -0.1) is 0 Å². The van der Waals surface area contributed by atoms with E-state index in [1.165, 1.54) is 0 Å². The van der Waals surface area contributed by atoms with Crippen molar-refractivity contribution in [2.24, 2.45) is 0 Å². The molecule has 0 rings (SSSR count). The molecular formula is C7H12O7S4. The van der Waals surface area contributed by atoms with Crippen molar-refractivity contribution in [3.05, 3.63) is 0 Å². The van der Waals surface area contributed by atoms with Crippen LogP contribution in [0.4, 0.5) is 4.79 Å². The lowest BCUT2D eigenvalue weighted by Gasteiger charge is -2.30. The molecular weight excluding hydrogens is 324 g/mol. The number of carbonyl (C=O) groups excluding carboxylic acids is 1. The number of aliphatic carboxylic acids is 1. The summed E-state index contributed by atoms with van der Waals surface area (Å²) < 4.78 is 10.1. The second kappa shape index (κ2) is 8.93. The highest BCUT2D eigenvalue weighted by Gasteiger charge is 2.42. The van der Waals surface area contributed by atoms with Crippen LogP contribution in [0.25, 0.3) is 0 Å². The van der Waals surface area contributed by atoms with E-state index in [4.69, 9.17) is 18.6 Å². The molecule has 0 fully saturated rings. The third-order valence-electron chi connectivity index (χ3n) is 1.13. The fourth-order valence-corrected chi connectivity index (χ4v) is 8.79. The summed E-state index contributed by atoms with van der Waals surface area (Å²) in [4.78, 5) is 32.9. The van der Waals surface area contributed by atoms with Gasteiger partial charge in [0.25, 0.3) is 0 Å². The van der Waals surface area contributed by atoms with Gasteiger partial charge in [-0.05, 0) is 13.8 Å². The summed E-state index contributed by atoms with van der Waals surface area (Å²) in [6.07, 6.45) is 0. The van der Waals surface area contributed by atoms with Gasteiger partial charge in [0.2, 0.25) is 0 Å². The van der Waals surface area contributed by atoms with Crippen LogP contribution in [0.5, 0.6) is 0 Å². The van der Waals surface area contributed by atoms with Crippen LogP contribution in [0, 0.1) is 0 Å². The molecule has 0 radical (unpaired) electrons. The molecule has 106 valence electrons. The summed E-state index contributed by atoms with van der Waals surface area (Å²) in [5.74, 6) is -1.68. The Morgan fingerprint density at radius 3 is 2.17 bits per heavy atom. The first kappa shape index (κ1) is 17.9. The summed E-state index contributed by atoms with van der Waals surface area (Å²) in [5.41, 5.74) is 0. The largest absolute Gasteiger partial charge is 0.475 e. The van der Waals surface area contributed by atoms with E-state index >= 15 is 0 Å². The second-order valence-electron chi connectivity index (χ2n) is 2.35. The van der Waals surface area contributed by atoms with Crippen LogP contribution in [0.2, 0.25) is 0 Å². The summed E-state index contributed by atoms with van der Waals surface area (Å²) in [7, 11) is -2.03. The van der Waals surface area contributed by atoms with Crippen molar-refractivity contribution >= 4 is 56.5 Å². The van der Waals surface area contributed by atoms with Crippen molar-refractivity contribution in [3.63, 3.8) is 0 Å². The molecule has 0 aliphatic carbocycles. The van der Waals surface area contributed by atoms with Gasteiger partial charge in [-0.1, -0.05) is 0 Å². The van der Waals surface area contributed by atoms with Crippen molar-refractivity contribution < 1.29 is 33.0 Å². The first-order valence-corrected chi connectivity index (χ1v) is 10.0. The van der Waals surface area contributed by atoms with E-state index in [9.17, 15) is 14.4 Å². The van der Waals surface area contributed by atoms with Crippen molar-refractivity contribution in [2.45, 2.75) is 13.8 Å². The SMILES string of the molecule is CCOSS(OCC)(SSC(=O)O)C(=O)C(=O)O. The van der Waals surface area contributed by atoms with E-state index in [2.05, 4.69) is 0 Å². The van der Waals surface area contributed by atoms with Crippen LogP contribution >= 0.6 is 40.1 Å². The van der Waals surface area contributed by atoms with Gasteiger partial charge in [0, 0.05) is 20.6 Å². The second-order valence-corrected chi connectivity index (χ2v) is 10.9. The van der Waals surface area contributed by atoms with Gasteiger partial charge in [0.15, 0.2) is 0 Å². The van der Waals surface area contributed by atoms with E-state index in [0.29, 0.717) is 31.7 Å². The number of carboxylic acids is 1. The van der Waals surface area contributed by atoms with Crippen LogP contribution in [-0.2, 0) is 18.0 Å². The number of hydrogen-bond acceptors (Lipinski definition) is 8. The normalized spacial score (nSPS) is 15.7. The van der Waals surface area contributed by atoms with Gasteiger partial charge < -0.3 is 18.6 Å². The van der Waals surface area contributed by atoms with E-state index in [0.717, 1.165) is 0 Å². The average molecular weight is 336 g/mol. The minimum Gasteiger partial charge on any atom is -0.475 e. The summed E-state index contributed by atoms with van der Waals surface area (Å²) in [5, 5.41) is 14.9. The van der Waals surface area contributed by atoms with Gasteiger partial charge >= 0.3 is 16.4 Å². The summed E-state index contributed by atoms with van der Waals surface area (Å²) in [6, 6.07) is 0. The van der Waals surface area contributed by atoms with Crippen molar-refractivity contribution in [2.75, 3.05) is 13.2 Å². The Hall–Kier alpha value is -0.0700. The first-order valence-electron chi connectivity index (χ1n) is 4.54. The highest BCUT2D eigenvalue weighted by Crippen LogP contribution is 2.74. The van der Waals surface area contributed by atoms with Crippen LogP contribution in [-0.4, -0.2) is 39.8 Å². The van der Waals surface area contributed by atoms with Gasteiger partial charge in [-0.2, -0.15) is 0 Å². The molecule has 0 bridgehead atoms. The predicted molar refractivity (Wildman–Crippen MR) is 74.3 cm³/mol. The van der Waals surface area contributed by atoms with Crippen molar-refractivity contribution in [1.29, 1.82) is 0 Å². The number of carboxylic acid groups (broad SMARTS) is 2. The topological polar surface area (TPSA) is 110 Å². The molecule has 0 heterocycles. The molecule has 1 atom stereocenters. The lowest BCUT2D eigenvalue weighted by molar-refractivity contribution is -0.145. The van der Waals surface area contributed by atoms with E-state index in [1.807, 2.05) is 0 Å².